The van der Waals surface area contributed by atoms with Crippen LogP contribution in [0.3, 0.4) is 0 Å². The fourth-order valence-electron chi connectivity index (χ4n) is 5.04. The molecule has 0 aliphatic carbocycles. The van der Waals surface area contributed by atoms with E-state index in [4.69, 9.17) is 12.2 Å². The topological polar surface area (TPSA) is 24.1 Å². The second-order valence-electron chi connectivity index (χ2n) is 9.89. The quantitative estimate of drug-likeness (QED) is 0.0986. The van der Waals surface area contributed by atoms with Gasteiger partial charge in [-0.1, -0.05) is 99.5 Å². The Bertz CT molecular complexity index is 1140. The lowest BCUT2D eigenvalue weighted by atomic mass is 9.87. The molecule has 0 heterocycles. The highest BCUT2D eigenvalue weighted by Crippen LogP contribution is 2.46. The number of rotatable bonds is 12. The minimum absolute atomic E-state index is 0.0407. The molecule has 3 atom stereocenters. The van der Waals surface area contributed by atoms with E-state index in [9.17, 15) is 13.2 Å². The van der Waals surface area contributed by atoms with Gasteiger partial charge < -0.3 is 10.6 Å². The maximum absolute atomic E-state index is 13.0. The summed E-state index contributed by atoms with van der Waals surface area (Å²) >= 11 is 5.60. The van der Waals surface area contributed by atoms with Gasteiger partial charge in [0, 0.05) is 17.6 Å². The Balaban J connectivity index is 1.85. The van der Waals surface area contributed by atoms with Gasteiger partial charge in [-0.3, -0.25) is 0 Å². The molecule has 0 saturated carbocycles. The normalized spacial score (nSPS) is 13.9. The molecule has 0 bridgehead atoms. The predicted molar refractivity (Wildman–Crippen MR) is 166 cm³/mol. The van der Waals surface area contributed by atoms with Gasteiger partial charge in [-0.15, -0.1) is 0 Å². The molecule has 3 aromatic rings. The summed E-state index contributed by atoms with van der Waals surface area (Å²) in [5.41, 5.74) is 1.28. The molecule has 7 heteroatoms. The first-order valence-corrected chi connectivity index (χ1v) is 15.3. The summed E-state index contributed by atoms with van der Waals surface area (Å²) in [7, 11) is -0.694. The van der Waals surface area contributed by atoms with Crippen molar-refractivity contribution in [2.24, 2.45) is 5.92 Å². The molecule has 0 spiro atoms. The zero-order valence-corrected chi connectivity index (χ0v) is 24.6. The van der Waals surface area contributed by atoms with Crippen molar-refractivity contribution in [2.45, 2.75) is 64.3 Å². The van der Waals surface area contributed by atoms with Gasteiger partial charge in [0.2, 0.25) is 0 Å². The molecule has 208 valence electrons. The van der Waals surface area contributed by atoms with E-state index < -0.39 is 19.7 Å². The summed E-state index contributed by atoms with van der Waals surface area (Å²) in [5, 5.41) is 9.50. The number of alkyl halides is 3. The van der Waals surface area contributed by atoms with Crippen molar-refractivity contribution in [3.63, 3.8) is 0 Å². The highest BCUT2D eigenvalue weighted by molar-refractivity contribution is 7.80. The van der Waals surface area contributed by atoms with Crippen LogP contribution in [0.1, 0.15) is 52.0 Å². The van der Waals surface area contributed by atoms with E-state index in [0.29, 0.717) is 10.8 Å². The Labute approximate surface area is 237 Å². The van der Waals surface area contributed by atoms with Crippen LogP contribution in [0.5, 0.6) is 0 Å². The molecular formula is C32H38F3N2PS. The first-order valence-electron chi connectivity index (χ1n) is 13.4. The van der Waals surface area contributed by atoms with E-state index in [1.165, 1.54) is 28.3 Å². The van der Waals surface area contributed by atoms with E-state index in [1.54, 1.807) is 0 Å². The standard InChI is InChI=1S/C32H38F3N2PS/c1-5-6-9-14-23(2)30(24(3)36-31(39)37-27-21-19-26(20-22-27)32(33,34)35)25(4)38(28-15-10-7-11-16-28)29-17-12-8-13-18-29/h7-8,10-13,15-22,24-25,30H,2,5-6,9,14H2,1,3-4H3,(H2,36,37,39)/t24-,25+,30?/m1/s1. The molecule has 0 saturated heterocycles. The second kappa shape index (κ2) is 14.6. The number of halogens is 3. The largest absolute Gasteiger partial charge is 0.416 e. The summed E-state index contributed by atoms with van der Waals surface area (Å²) < 4.78 is 38.9. The number of anilines is 1. The molecule has 2 N–H and O–H groups in total. The zero-order chi connectivity index (χ0) is 28.4. The fourth-order valence-corrected chi connectivity index (χ4v) is 8.36. The van der Waals surface area contributed by atoms with Crippen molar-refractivity contribution < 1.29 is 13.2 Å². The molecule has 2 nitrogen and oxygen atoms in total. The SMILES string of the molecule is C=C(CCCCC)C([C@@H](C)NC(=S)Nc1ccc(C(F)(F)F)cc1)[C@H](C)P(c1ccccc1)c1ccccc1. The number of benzene rings is 3. The van der Waals surface area contributed by atoms with Crippen molar-refractivity contribution >= 4 is 41.5 Å². The number of unbranched alkanes of at least 4 members (excludes halogenated alkanes) is 2. The summed E-state index contributed by atoms with van der Waals surface area (Å²) in [6.45, 7) is 11.2. The second-order valence-corrected chi connectivity index (χ2v) is 12.9. The van der Waals surface area contributed by atoms with Crippen molar-refractivity contribution in [2.75, 3.05) is 5.32 Å². The molecule has 3 rings (SSSR count). The Morgan fingerprint density at radius 1 is 0.872 bits per heavy atom. The van der Waals surface area contributed by atoms with Gasteiger partial charge in [0.25, 0.3) is 0 Å². The van der Waals surface area contributed by atoms with Crippen LogP contribution in [0.15, 0.2) is 97.1 Å². The molecule has 39 heavy (non-hydrogen) atoms. The van der Waals surface area contributed by atoms with Gasteiger partial charge in [0.15, 0.2) is 5.11 Å². The van der Waals surface area contributed by atoms with E-state index in [1.807, 2.05) is 12.1 Å². The van der Waals surface area contributed by atoms with E-state index in [2.05, 4.69) is 86.5 Å². The van der Waals surface area contributed by atoms with E-state index in [-0.39, 0.29) is 17.6 Å². The lowest BCUT2D eigenvalue weighted by Gasteiger charge is -2.38. The summed E-state index contributed by atoms with van der Waals surface area (Å²) in [4.78, 5) is 0. The smallest absolute Gasteiger partial charge is 0.359 e. The van der Waals surface area contributed by atoms with Crippen LogP contribution in [-0.2, 0) is 6.18 Å². The highest BCUT2D eigenvalue weighted by Gasteiger charge is 2.34. The van der Waals surface area contributed by atoms with E-state index >= 15 is 0 Å². The highest BCUT2D eigenvalue weighted by atomic mass is 32.1. The third kappa shape index (κ3) is 8.91. The number of hydrogen-bond acceptors (Lipinski definition) is 1. The number of thiocarbonyl (C=S) groups is 1. The molecule has 0 aliphatic heterocycles. The fraction of sp³-hybridized carbons (Fsp3) is 0.344. The molecule has 0 aliphatic rings. The zero-order valence-electron chi connectivity index (χ0n) is 22.8. The minimum Gasteiger partial charge on any atom is -0.359 e. The van der Waals surface area contributed by atoms with Crippen LogP contribution >= 0.6 is 20.1 Å². The van der Waals surface area contributed by atoms with Crippen molar-refractivity contribution in [3.8, 4) is 0 Å². The molecule has 0 amide bonds. The lowest BCUT2D eigenvalue weighted by Crippen LogP contribution is -2.45. The predicted octanol–water partition coefficient (Wildman–Crippen LogP) is 8.65. The first-order chi connectivity index (χ1) is 18.6. The third-order valence-corrected chi connectivity index (χ3v) is 10.0. The average Bonchev–Trinajstić information content (AvgIpc) is 2.90. The van der Waals surface area contributed by atoms with Gasteiger partial charge in [-0.25, -0.2) is 0 Å². The molecule has 3 aromatic carbocycles. The summed E-state index contributed by atoms with van der Waals surface area (Å²) in [6, 6.07) is 26.2. The van der Waals surface area contributed by atoms with Crippen LogP contribution in [0.25, 0.3) is 0 Å². The molecule has 1 unspecified atom stereocenters. The van der Waals surface area contributed by atoms with E-state index in [0.717, 1.165) is 37.8 Å². The molecule has 0 aromatic heterocycles. The minimum atomic E-state index is -4.37. The van der Waals surface area contributed by atoms with Crippen molar-refractivity contribution in [1.82, 2.24) is 5.32 Å². The summed E-state index contributed by atoms with van der Waals surface area (Å²) in [6.07, 6.45) is -0.0386. The van der Waals surface area contributed by atoms with Gasteiger partial charge in [0.05, 0.1) is 5.56 Å². The van der Waals surface area contributed by atoms with Crippen LogP contribution in [0, 0.1) is 5.92 Å². The van der Waals surface area contributed by atoms with Gasteiger partial charge in [-0.2, -0.15) is 13.2 Å². The summed E-state index contributed by atoms with van der Waals surface area (Å²) in [5.74, 6) is 0.126. The van der Waals surface area contributed by atoms with Crippen LogP contribution in [0.2, 0.25) is 0 Å². The van der Waals surface area contributed by atoms with Gasteiger partial charge in [0.1, 0.15) is 0 Å². The maximum atomic E-state index is 13.0. The van der Waals surface area contributed by atoms with Crippen molar-refractivity contribution in [3.05, 3.63) is 103 Å². The number of hydrogen-bond donors (Lipinski definition) is 2. The monoisotopic (exact) mass is 570 g/mol. The third-order valence-electron chi connectivity index (χ3n) is 6.94. The average molecular weight is 571 g/mol. The van der Waals surface area contributed by atoms with Crippen LogP contribution < -0.4 is 21.2 Å². The van der Waals surface area contributed by atoms with Crippen molar-refractivity contribution in [1.29, 1.82) is 0 Å². The Hall–Kier alpha value is -2.69. The Kier molecular flexibility index (Phi) is 11.6. The van der Waals surface area contributed by atoms with Gasteiger partial charge >= 0.3 is 6.18 Å². The molecular weight excluding hydrogens is 532 g/mol. The van der Waals surface area contributed by atoms with Crippen LogP contribution in [0.4, 0.5) is 18.9 Å². The molecule has 0 radical (unpaired) electrons. The lowest BCUT2D eigenvalue weighted by molar-refractivity contribution is -0.137. The first kappa shape index (κ1) is 30.8. The Morgan fingerprint density at radius 2 is 1.41 bits per heavy atom. The molecule has 0 fully saturated rings. The van der Waals surface area contributed by atoms with Gasteiger partial charge in [-0.05, 0) is 80.4 Å². The number of nitrogens with one attached hydrogen (secondary N) is 2. The Morgan fingerprint density at radius 3 is 1.90 bits per heavy atom. The van der Waals surface area contributed by atoms with Crippen LogP contribution in [-0.4, -0.2) is 16.8 Å². The maximum Gasteiger partial charge on any atom is 0.416 e.